The van der Waals surface area contributed by atoms with Gasteiger partial charge in [-0.3, -0.25) is 9.59 Å². The third kappa shape index (κ3) is 4.65. The van der Waals surface area contributed by atoms with Crippen LogP contribution in [0, 0.1) is 5.92 Å². The van der Waals surface area contributed by atoms with Crippen LogP contribution in [0.3, 0.4) is 0 Å². The second-order valence-electron chi connectivity index (χ2n) is 11.4. The molecule has 9 heteroatoms. The van der Waals surface area contributed by atoms with Crippen LogP contribution in [0.15, 0.2) is 77.7 Å². The van der Waals surface area contributed by atoms with Gasteiger partial charge < -0.3 is 14.7 Å². The molecule has 3 saturated heterocycles. The van der Waals surface area contributed by atoms with E-state index in [1.807, 2.05) is 65.6 Å². The van der Waals surface area contributed by atoms with Gasteiger partial charge in [0.15, 0.2) is 0 Å². The first kappa shape index (κ1) is 26.8. The molecule has 40 heavy (non-hydrogen) atoms. The average Bonchev–Trinajstić information content (AvgIpc) is 3.24. The molecule has 0 N–H and O–H groups in total. The number of fused-ring (bicyclic) bond motifs is 1. The summed E-state index contributed by atoms with van der Waals surface area (Å²) in [6.07, 6.45) is 2.69. The lowest BCUT2D eigenvalue weighted by atomic mass is 9.86. The van der Waals surface area contributed by atoms with Crippen LogP contribution < -0.4 is 4.90 Å². The molecule has 0 atom stereocenters. The molecule has 3 aromatic rings. The number of anilines is 1. The Morgan fingerprint density at radius 3 is 2.25 bits per heavy atom. The van der Waals surface area contributed by atoms with Gasteiger partial charge in [0.2, 0.25) is 21.8 Å². The fourth-order valence-corrected chi connectivity index (χ4v) is 8.16. The van der Waals surface area contributed by atoms with Crippen LogP contribution in [0.2, 0.25) is 0 Å². The second kappa shape index (κ2) is 10.5. The predicted molar refractivity (Wildman–Crippen MR) is 155 cm³/mol. The first-order valence-corrected chi connectivity index (χ1v) is 15.6. The zero-order chi connectivity index (χ0) is 27.9. The van der Waals surface area contributed by atoms with Crippen LogP contribution in [0.4, 0.5) is 5.69 Å². The van der Waals surface area contributed by atoms with E-state index in [0.717, 1.165) is 37.0 Å². The zero-order valence-electron chi connectivity index (χ0n) is 22.9. The van der Waals surface area contributed by atoms with Gasteiger partial charge in [-0.15, -0.1) is 0 Å². The van der Waals surface area contributed by atoms with E-state index >= 15 is 0 Å². The summed E-state index contributed by atoms with van der Waals surface area (Å²) in [7, 11) is -3.76. The quantitative estimate of drug-likeness (QED) is 0.473. The monoisotopic (exact) mass is 560 g/mol. The maximum Gasteiger partial charge on any atom is 0.250 e. The van der Waals surface area contributed by atoms with Crippen molar-refractivity contribution < 1.29 is 18.0 Å². The van der Waals surface area contributed by atoms with Crippen LogP contribution in [0.5, 0.6) is 0 Å². The first-order chi connectivity index (χ1) is 19.3. The van der Waals surface area contributed by atoms with Gasteiger partial charge in [-0.25, -0.2) is 8.42 Å². The van der Waals surface area contributed by atoms with Crippen LogP contribution in [0.25, 0.3) is 10.8 Å². The fraction of sp³-hybridized carbons (Fsp3) is 0.419. The molecule has 0 aliphatic carbocycles. The Hall–Kier alpha value is -3.43. The van der Waals surface area contributed by atoms with E-state index < -0.39 is 15.6 Å². The van der Waals surface area contributed by atoms with Crippen molar-refractivity contribution in [2.24, 2.45) is 5.92 Å². The highest BCUT2D eigenvalue weighted by Crippen LogP contribution is 2.41. The number of hydrogen-bond acceptors (Lipinski definition) is 5. The van der Waals surface area contributed by atoms with Crippen LogP contribution in [-0.4, -0.2) is 79.3 Å². The molecular weight excluding hydrogens is 524 g/mol. The van der Waals surface area contributed by atoms with Crippen molar-refractivity contribution in [2.75, 3.05) is 44.3 Å². The van der Waals surface area contributed by atoms with Crippen LogP contribution in [-0.2, 0) is 19.6 Å². The van der Waals surface area contributed by atoms with E-state index in [9.17, 15) is 18.0 Å². The Morgan fingerprint density at radius 2 is 1.52 bits per heavy atom. The molecule has 3 fully saturated rings. The van der Waals surface area contributed by atoms with Crippen molar-refractivity contribution in [1.29, 1.82) is 0 Å². The van der Waals surface area contributed by atoms with Gasteiger partial charge in [0.25, 0.3) is 0 Å². The molecule has 8 nitrogen and oxygen atoms in total. The summed E-state index contributed by atoms with van der Waals surface area (Å²) < 4.78 is 29.1. The van der Waals surface area contributed by atoms with Gasteiger partial charge in [-0.2, -0.15) is 4.31 Å². The average molecular weight is 561 g/mol. The number of carbonyl (C=O) groups excluding carboxylic acids is 2. The molecule has 0 radical (unpaired) electrons. The Balaban J connectivity index is 1.25. The smallest absolute Gasteiger partial charge is 0.250 e. The molecular formula is C31H36N4O4S. The molecule has 0 saturated carbocycles. The highest BCUT2D eigenvalue weighted by Gasteiger charge is 2.55. The maximum atomic E-state index is 14.1. The van der Waals surface area contributed by atoms with Gasteiger partial charge >= 0.3 is 0 Å². The van der Waals surface area contributed by atoms with Crippen molar-refractivity contribution in [3.05, 3.63) is 72.8 Å². The molecule has 0 bridgehead atoms. The number of likely N-dealkylation sites (tertiary alicyclic amines) is 1. The van der Waals surface area contributed by atoms with E-state index in [1.165, 1.54) is 4.31 Å². The van der Waals surface area contributed by atoms with Crippen molar-refractivity contribution in [1.82, 2.24) is 14.1 Å². The van der Waals surface area contributed by atoms with Gasteiger partial charge in [-0.1, -0.05) is 61.5 Å². The minimum Gasteiger partial charge on any atom is -0.341 e. The number of carbonyl (C=O) groups is 2. The summed E-state index contributed by atoms with van der Waals surface area (Å²) in [6, 6.07) is 22.6. The third-order valence-electron chi connectivity index (χ3n) is 8.96. The summed E-state index contributed by atoms with van der Waals surface area (Å²) in [5.74, 6) is 0.517. The number of benzene rings is 3. The minimum atomic E-state index is -3.76. The maximum absolute atomic E-state index is 14.1. The summed E-state index contributed by atoms with van der Waals surface area (Å²) in [5.41, 5.74) is 0.0194. The molecule has 1 spiro atoms. The second-order valence-corrected chi connectivity index (χ2v) is 13.3. The van der Waals surface area contributed by atoms with E-state index in [0.29, 0.717) is 35.7 Å². The fourth-order valence-electron chi connectivity index (χ4n) is 6.50. The van der Waals surface area contributed by atoms with Gasteiger partial charge in [0.1, 0.15) is 12.1 Å². The topological polar surface area (TPSA) is 81.2 Å². The number of rotatable bonds is 5. The molecule has 3 aromatic carbocycles. The molecule has 210 valence electrons. The number of amides is 2. The molecule has 6 rings (SSSR count). The standard InChI is InChI=1S/C31H36N4O4S/c1-24-14-18-32(19-15-24)29(36)22-33-23-35(26-10-3-2-4-11-26)31(30(33)37)16-20-34(21-17-31)40(38,39)28-13-7-9-25-8-5-6-12-27(25)28/h2-13,24H,14-23H2,1H3. The van der Waals surface area contributed by atoms with E-state index in [4.69, 9.17) is 0 Å². The summed E-state index contributed by atoms with van der Waals surface area (Å²) in [6.45, 7) is 4.50. The van der Waals surface area contributed by atoms with Crippen LogP contribution in [0.1, 0.15) is 32.6 Å². The lowest BCUT2D eigenvalue weighted by Gasteiger charge is -2.42. The normalized spacial score (nSPS) is 20.5. The zero-order valence-corrected chi connectivity index (χ0v) is 23.7. The third-order valence-corrected chi connectivity index (χ3v) is 10.9. The predicted octanol–water partition coefficient (Wildman–Crippen LogP) is 3.93. The highest BCUT2D eigenvalue weighted by atomic mass is 32.2. The lowest BCUT2D eigenvalue weighted by molar-refractivity contribution is -0.141. The molecule has 3 aliphatic heterocycles. The Morgan fingerprint density at radius 1 is 0.875 bits per heavy atom. The number of para-hydroxylation sites is 1. The SMILES string of the molecule is CC1CCN(C(=O)CN2CN(c3ccccc3)C3(CCN(S(=O)(=O)c4cccc5ccccc45)CC3)C2=O)CC1. The van der Waals surface area contributed by atoms with E-state index in [2.05, 4.69) is 11.8 Å². The highest BCUT2D eigenvalue weighted by molar-refractivity contribution is 7.89. The number of piperidine rings is 2. The van der Waals surface area contributed by atoms with Crippen molar-refractivity contribution in [3.8, 4) is 0 Å². The molecule has 0 unspecified atom stereocenters. The summed E-state index contributed by atoms with van der Waals surface area (Å²) >= 11 is 0. The number of sulfonamides is 1. The summed E-state index contributed by atoms with van der Waals surface area (Å²) in [4.78, 5) is 33.2. The van der Waals surface area contributed by atoms with Gasteiger partial charge in [0.05, 0.1) is 11.6 Å². The Bertz CT molecular complexity index is 1510. The molecule has 3 aliphatic rings. The number of nitrogens with zero attached hydrogens (tertiary/aromatic N) is 4. The molecule has 2 amide bonds. The van der Waals surface area contributed by atoms with Gasteiger partial charge in [-0.05, 0) is 55.2 Å². The van der Waals surface area contributed by atoms with Gasteiger partial charge in [0, 0.05) is 37.3 Å². The Kier molecular flexibility index (Phi) is 7.04. The van der Waals surface area contributed by atoms with E-state index in [1.54, 1.807) is 17.0 Å². The summed E-state index contributed by atoms with van der Waals surface area (Å²) in [5, 5.41) is 1.58. The number of hydrogen-bond donors (Lipinski definition) is 0. The van der Waals surface area contributed by atoms with Crippen molar-refractivity contribution in [2.45, 2.75) is 43.0 Å². The minimum absolute atomic E-state index is 0.0127. The largest absolute Gasteiger partial charge is 0.341 e. The molecule has 0 aromatic heterocycles. The van der Waals surface area contributed by atoms with Crippen molar-refractivity contribution in [3.63, 3.8) is 0 Å². The van der Waals surface area contributed by atoms with Crippen LogP contribution >= 0.6 is 0 Å². The first-order valence-electron chi connectivity index (χ1n) is 14.2. The van der Waals surface area contributed by atoms with E-state index in [-0.39, 0.29) is 31.4 Å². The van der Waals surface area contributed by atoms with Crippen molar-refractivity contribution >= 4 is 38.3 Å². The Labute approximate surface area is 236 Å². The molecule has 3 heterocycles. The lowest BCUT2D eigenvalue weighted by Crippen LogP contribution is -2.57.